The first-order valence-corrected chi connectivity index (χ1v) is 7.66. The molecule has 0 radical (unpaired) electrons. The molecule has 0 fully saturated rings. The first-order chi connectivity index (χ1) is 8.75. The summed E-state index contributed by atoms with van der Waals surface area (Å²) in [6.45, 7) is 2.86. The highest BCUT2D eigenvalue weighted by atomic mass is 32.1. The molecule has 3 heteroatoms. The summed E-state index contributed by atoms with van der Waals surface area (Å²) in [6.07, 6.45) is 8.80. The fourth-order valence-corrected chi connectivity index (χ4v) is 2.40. The fourth-order valence-electron chi connectivity index (χ4n) is 2.18. The van der Waals surface area contributed by atoms with Gasteiger partial charge in [-0.2, -0.15) is 12.6 Å². The second kappa shape index (κ2) is 9.26. The zero-order valence-corrected chi connectivity index (χ0v) is 12.3. The van der Waals surface area contributed by atoms with Crippen LogP contribution in [0.5, 0.6) is 0 Å². The predicted octanol–water partition coefficient (Wildman–Crippen LogP) is 3.82. The average molecular weight is 267 g/mol. The van der Waals surface area contributed by atoms with Gasteiger partial charge in [0.2, 0.25) is 0 Å². The Kier molecular flexibility index (Phi) is 7.90. The van der Waals surface area contributed by atoms with E-state index in [0.717, 1.165) is 24.4 Å². The van der Waals surface area contributed by atoms with Gasteiger partial charge in [-0.15, -0.1) is 0 Å². The van der Waals surface area contributed by atoms with Crippen molar-refractivity contribution in [2.24, 2.45) is 0 Å². The van der Waals surface area contributed by atoms with Crippen LogP contribution < -0.4 is 5.56 Å². The summed E-state index contributed by atoms with van der Waals surface area (Å²) < 4.78 is 1.88. The number of unbranched alkanes of at least 4 members (excludes halogenated alkanes) is 6. The molecule has 102 valence electrons. The van der Waals surface area contributed by atoms with Crippen LogP contribution in [-0.4, -0.2) is 10.3 Å². The molecule has 0 aliphatic heterocycles. The highest BCUT2D eigenvalue weighted by molar-refractivity contribution is 7.80. The maximum atomic E-state index is 11.6. The maximum Gasteiger partial charge on any atom is 0.250 e. The second-order valence-electron chi connectivity index (χ2n) is 4.86. The maximum absolute atomic E-state index is 11.6. The van der Waals surface area contributed by atoms with Crippen molar-refractivity contribution in [1.29, 1.82) is 0 Å². The normalized spacial score (nSPS) is 10.8. The Morgan fingerprint density at radius 1 is 1.00 bits per heavy atom. The number of hydrogen-bond donors (Lipinski definition) is 1. The number of aromatic nitrogens is 1. The van der Waals surface area contributed by atoms with Crippen molar-refractivity contribution in [3.05, 3.63) is 34.2 Å². The van der Waals surface area contributed by atoms with Crippen LogP contribution in [0.25, 0.3) is 0 Å². The zero-order valence-electron chi connectivity index (χ0n) is 11.4. The highest BCUT2D eigenvalue weighted by Gasteiger charge is 1.98. The van der Waals surface area contributed by atoms with E-state index in [1.807, 2.05) is 23.6 Å². The third kappa shape index (κ3) is 5.76. The molecule has 0 saturated heterocycles. The lowest BCUT2D eigenvalue weighted by Crippen LogP contribution is -2.20. The summed E-state index contributed by atoms with van der Waals surface area (Å²) >= 11 is 4.21. The Hall–Kier alpha value is -0.700. The average Bonchev–Trinajstić information content (AvgIpc) is 2.35. The molecule has 0 aliphatic carbocycles. The van der Waals surface area contributed by atoms with Crippen LogP contribution in [0.1, 0.15) is 50.6 Å². The smallest absolute Gasteiger partial charge is 0.250 e. The topological polar surface area (TPSA) is 22.0 Å². The van der Waals surface area contributed by atoms with E-state index in [0.29, 0.717) is 0 Å². The van der Waals surface area contributed by atoms with Crippen molar-refractivity contribution in [2.75, 3.05) is 5.75 Å². The van der Waals surface area contributed by atoms with Gasteiger partial charge >= 0.3 is 0 Å². The molecular formula is C15H25NOS. The summed E-state index contributed by atoms with van der Waals surface area (Å²) in [5, 5.41) is 0. The van der Waals surface area contributed by atoms with Crippen molar-refractivity contribution >= 4 is 12.6 Å². The molecule has 0 aromatic carbocycles. The molecule has 1 rings (SSSR count). The molecule has 1 aromatic heterocycles. The quantitative estimate of drug-likeness (QED) is 0.533. The molecule has 1 aromatic rings. The van der Waals surface area contributed by atoms with E-state index < -0.39 is 0 Å². The monoisotopic (exact) mass is 267 g/mol. The van der Waals surface area contributed by atoms with E-state index in [2.05, 4.69) is 12.6 Å². The van der Waals surface area contributed by atoms with Crippen LogP contribution in [0, 0.1) is 6.92 Å². The standard InChI is InChI=1S/C15H25NOS/c1-14-10-9-11-15(17)16(14)12-7-5-3-2-4-6-8-13-18/h9-11,18H,2-8,12-13H2,1H3. The first kappa shape index (κ1) is 15.4. The molecular weight excluding hydrogens is 242 g/mol. The second-order valence-corrected chi connectivity index (χ2v) is 5.30. The van der Waals surface area contributed by atoms with Gasteiger partial charge in [-0.25, -0.2) is 0 Å². The summed E-state index contributed by atoms with van der Waals surface area (Å²) in [5.74, 6) is 1.01. The molecule has 0 aliphatic rings. The molecule has 0 unspecified atom stereocenters. The number of rotatable bonds is 9. The largest absolute Gasteiger partial charge is 0.313 e. The van der Waals surface area contributed by atoms with Crippen LogP contribution in [0.2, 0.25) is 0 Å². The molecule has 0 saturated carbocycles. The minimum atomic E-state index is 0.128. The minimum absolute atomic E-state index is 0.128. The van der Waals surface area contributed by atoms with Crippen LogP contribution >= 0.6 is 12.6 Å². The molecule has 18 heavy (non-hydrogen) atoms. The van der Waals surface area contributed by atoms with E-state index in [-0.39, 0.29) is 5.56 Å². The number of aryl methyl sites for hydroxylation is 1. The fraction of sp³-hybridized carbons (Fsp3) is 0.667. The van der Waals surface area contributed by atoms with Crippen molar-refractivity contribution in [3.8, 4) is 0 Å². The SMILES string of the molecule is Cc1cccc(=O)n1CCCCCCCCCS. The van der Waals surface area contributed by atoms with E-state index in [1.165, 1.54) is 38.5 Å². The number of pyridine rings is 1. The Morgan fingerprint density at radius 2 is 1.61 bits per heavy atom. The Bertz CT molecular complexity index is 386. The summed E-state index contributed by atoms with van der Waals surface area (Å²) in [5.41, 5.74) is 1.19. The lowest BCUT2D eigenvalue weighted by Gasteiger charge is -2.08. The van der Waals surface area contributed by atoms with Gasteiger partial charge < -0.3 is 4.57 Å². The van der Waals surface area contributed by atoms with Crippen LogP contribution in [0.15, 0.2) is 23.0 Å². The van der Waals surface area contributed by atoms with Crippen LogP contribution in [-0.2, 0) is 6.54 Å². The van der Waals surface area contributed by atoms with Crippen molar-refractivity contribution in [2.45, 2.75) is 58.4 Å². The lowest BCUT2D eigenvalue weighted by molar-refractivity contribution is 0.537. The first-order valence-electron chi connectivity index (χ1n) is 7.03. The molecule has 0 bridgehead atoms. The van der Waals surface area contributed by atoms with Gasteiger partial charge in [0.05, 0.1) is 0 Å². The molecule has 0 spiro atoms. The van der Waals surface area contributed by atoms with Gasteiger partial charge in [-0.05, 0) is 31.6 Å². The molecule has 1 heterocycles. The highest BCUT2D eigenvalue weighted by Crippen LogP contribution is 2.08. The summed E-state index contributed by atoms with van der Waals surface area (Å²) in [6, 6.07) is 5.47. The van der Waals surface area contributed by atoms with Crippen molar-refractivity contribution < 1.29 is 0 Å². The van der Waals surface area contributed by atoms with E-state index >= 15 is 0 Å². The van der Waals surface area contributed by atoms with Gasteiger partial charge in [-0.1, -0.05) is 38.2 Å². The molecule has 0 N–H and O–H groups in total. The van der Waals surface area contributed by atoms with Gasteiger partial charge in [0.15, 0.2) is 0 Å². The van der Waals surface area contributed by atoms with Crippen LogP contribution in [0.4, 0.5) is 0 Å². The zero-order chi connectivity index (χ0) is 13.2. The van der Waals surface area contributed by atoms with E-state index in [4.69, 9.17) is 0 Å². The van der Waals surface area contributed by atoms with Gasteiger partial charge in [0.25, 0.3) is 5.56 Å². The molecule has 0 atom stereocenters. The number of nitrogens with zero attached hydrogens (tertiary/aromatic N) is 1. The third-order valence-electron chi connectivity index (χ3n) is 3.31. The van der Waals surface area contributed by atoms with Crippen LogP contribution in [0.3, 0.4) is 0 Å². The Labute approximate surface area is 116 Å². The van der Waals surface area contributed by atoms with E-state index in [1.54, 1.807) is 6.07 Å². The number of hydrogen-bond acceptors (Lipinski definition) is 2. The molecule has 2 nitrogen and oxygen atoms in total. The van der Waals surface area contributed by atoms with Crippen molar-refractivity contribution in [1.82, 2.24) is 4.57 Å². The Morgan fingerprint density at radius 3 is 2.22 bits per heavy atom. The van der Waals surface area contributed by atoms with Crippen molar-refractivity contribution in [3.63, 3.8) is 0 Å². The van der Waals surface area contributed by atoms with Gasteiger partial charge in [0.1, 0.15) is 0 Å². The summed E-state index contributed by atoms with van der Waals surface area (Å²) in [4.78, 5) is 11.6. The lowest BCUT2D eigenvalue weighted by atomic mass is 10.1. The van der Waals surface area contributed by atoms with Gasteiger partial charge in [-0.3, -0.25) is 4.79 Å². The van der Waals surface area contributed by atoms with Gasteiger partial charge in [0, 0.05) is 18.3 Å². The minimum Gasteiger partial charge on any atom is -0.313 e. The summed E-state index contributed by atoms with van der Waals surface area (Å²) in [7, 11) is 0. The predicted molar refractivity (Wildman–Crippen MR) is 81.6 cm³/mol. The molecule has 0 amide bonds. The van der Waals surface area contributed by atoms with E-state index in [9.17, 15) is 4.79 Å². The number of thiol groups is 1. The Balaban J connectivity index is 2.13. The third-order valence-corrected chi connectivity index (χ3v) is 3.62.